The Balaban J connectivity index is 1.75. The second kappa shape index (κ2) is 4.47. The first kappa shape index (κ1) is 13.9. The lowest BCUT2D eigenvalue weighted by Gasteiger charge is -2.44. The molecule has 0 spiro atoms. The summed E-state index contributed by atoms with van der Waals surface area (Å²) in [5.41, 5.74) is -0.601. The highest BCUT2D eigenvalue weighted by molar-refractivity contribution is 5.71. The number of amides is 1. The van der Waals surface area contributed by atoms with Gasteiger partial charge in [-0.3, -0.25) is 0 Å². The molecule has 2 aliphatic heterocycles. The van der Waals surface area contributed by atoms with Crippen LogP contribution in [0.3, 0.4) is 0 Å². The quantitative estimate of drug-likeness (QED) is 0.729. The topological polar surface area (TPSA) is 46.6 Å². The smallest absolute Gasteiger partial charge is 0.410 e. The lowest BCUT2D eigenvalue weighted by Crippen LogP contribution is -2.52. The van der Waals surface area contributed by atoms with Gasteiger partial charge in [-0.05, 0) is 65.2 Å². The minimum absolute atomic E-state index is 0.148. The van der Waals surface area contributed by atoms with Crippen molar-refractivity contribution in [3.63, 3.8) is 0 Å². The second-order valence-electron chi connectivity index (χ2n) is 7.81. The number of hydrogen-bond acceptors (Lipinski definition) is 3. The highest BCUT2D eigenvalue weighted by Gasteiger charge is 2.56. The summed E-state index contributed by atoms with van der Waals surface area (Å²) in [5, 5.41) is 0. The van der Waals surface area contributed by atoms with Crippen molar-refractivity contribution in [1.82, 2.24) is 4.90 Å². The zero-order chi connectivity index (χ0) is 14.5. The average molecular weight is 279 g/mol. The Morgan fingerprint density at radius 1 is 1.15 bits per heavy atom. The number of ether oxygens (including phenoxy) is 1. The lowest BCUT2D eigenvalue weighted by atomic mass is 9.72. The second-order valence-corrected chi connectivity index (χ2v) is 7.81. The van der Waals surface area contributed by atoms with E-state index in [9.17, 15) is 9.59 Å². The molecule has 2 saturated heterocycles. The number of carbonyl (C=O) groups is 2. The van der Waals surface area contributed by atoms with Crippen LogP contribution in [0, 0.1) is 11.3 Å². The van der Waals surface area contributed by atoms with E-state index in [0.717, 1.165) is 25.7 Å². The fraction of sp³-hybridized carbons (Fsp3) is 0.875. The van der Waals surface area contributed by atoms with E-state index < -0.39 is 5.60 Å². The molecule has 4 heteroatoms. The van der Waals surface area contributed by atoms with E-state index in [4.69, 9.17) is 4.74 Å². The summed E-state index contributed by atoms with van der Waals surface area (Å²) in [6.45, 7) is 5.70. The summed E-state index contributed by atoms with van der Waals surface area (Å²) < 4.78 is 5.53. The molecule has 3 rings (SSSR count). The van der Waals surface area contributed by atoms with E-state index >= 15 is 0 Å². The fourth-order valence-corrected chi connectivity index (χ4v) is 4.12. The van der Waals surface area contributed by atoms with Gasteiger partial charge in [0, 0.05) is 17.5 Å². The van der Waals surface area contributed by atoms with Crippen molar-refractivity contribution in [3.05, 3.63) is 0 Å². The van der Waals surface area contributed by atoms with Crippen LogP contribution in [0.4, 0.5) is 4.79 Å². The predicted octanol–water partition coefficient (Wildman–Crippen LogP) is 3.14. The van der Waals surface area contributed by atoms with Gasteiger partial charge in [-0.25, -0.2) is 4.79 Å². The number of rotatable bonds is 2. The van der Waals surface area contributed by atoms with Crippen LogP contribution < -0.4 is 0 Å². The summed E-state index contributed by atoms with van der Waals surface area (Å²) in [5.74, 6) is 0.573. The minimum atomic E-state index is -0.452. The average Bonchev–Trinajstić information content (AvgIpc) is 3.13. The predicted molar refractivity (Wildman–Crippen MR) is 75.3 cm³/mol. The molecule has 1 saturated carbocycles. The van der Waals surface area contributed by atoms with E-state index in [-0.39, 0.29) is 23.6 Å². The minimum Gasteiger partial charge on any atom is -0.444 e. The van der Waals surface area contributed by atoms with Crippen LogP contribution in [0.15, 0.2) is 0 Å². The molecule has 2 bridgehead atoms. The van der Waals surface area contributed by atoms with Gasteiger partial charge in [0.1, 0.15) is 11.9 Å². The molecular formula is C16H25NO3. The standard InChI is InChI=1S/C16H25NO3/c1-15(2,3)20-14(19)17-12-6-7-13(17)9-16(8-12,10-18)11-4-5-11/h10-13H,4-9H2,1-3H3. The van der Waals surface area contributed by atoms with Crippen LogP contribution in [-0.4, -0.2) is 35.0 Å². The summed E-state index contributed by atoms with van der Waals surface area (Å²) >= 11 is 0. The zero-order valence-corrected chi connectivity index (χ0v) is 12.7. The van der Waals surface area contributed by atoms with E-state index in [1.807, 2.05) is 25.7 Å². The number of nitrogens with zero attached hydrogens (tertiary/aromatic N) is 1. The Kier molecular flexibility index (Phi) is 3.11. The van der Waals surface area contributed by atoms with Crippen LogP contribution in [0.1, 0.15) is 59.3 Å². The van der Waals surface area contributed by atoms with Crippen molar-refractivity contribution in [2.45, 2.75) is 77.0 Å². The van der Waals surface area contributed by atoms with Gasteiger partial charge in [0.15, 0.2) is 0 Å². The highest BCUT2D eigenvalue weighted by atomic mass is 16.6. The molecule has 0 aromatic carbocycles. The van der Waals surface area contributed by atoms with Crippen LogP contribution in [0.5, 0.6) is 0 Å². The molecule has 0 aromatic heterocycles. The summed E-state index contributed by atoms with van der Waals surface area (Å²) in [7, 11) is 0. The molecule has 3 aliphatic rings. The van der Waals surface area contributed by atoms with Crippen molar-refractivity contribution in [1.29, 1.82) is 0 Å². The van der Waals surface area contributed by atoms with Gasteiger partial charge in [0.05, 0.1) is 0 Å². The number of piperidine rings is 1. The van der Waals surface area contributed by atoms with Crippen molar-refractivity contribution in [2.24, 2.45) is 11.3 Å². The zero-order valence-electron chi connectivity index (χ0n) is 12.7. The van der Waals surface area contributed by atoms with Gasteiger partial charge in [-0.2, -0.15) is 0 Å². The van der Waals surface area contributed by atoms with Gasteiger partial charge in [0.2, 0.25) is 0 Å². The molecule has 0 N–H and O–H groups in total. The molecule has 3 fully saturated rings. The van der Waals surface area contributed by atoms with Crippen LogP contribution >= 0.6 is 0 Å². The first-order valence-electron chi connectivity index (χ1n) is 7.82. The van der Waals surface area contributed by atoms with E-state index in [2.05, 4.69) is 0 Å². The molecule has 0 aromatic rings. The Bertz CT molecular complexity index is 408. The van der Waals surface area contributed by atoms with Crippen molar-refractivity contribution >= 4 is 12.4 Å². The summed E-state index contributed by atoms with van der Waals surface area (Å²) in [6, 6.07) is 0.406. The van der Waals surface area contributed by atoms with E-state index in [1.54, 1.807) is 0 Å². The van der Waals surface area contributed by atoms with Crippen molar-refractivity contribution in [3.8, 4) is 0 Å². The SMILES string of the molecule is CC(C)(C)OC(=O)N1C2CCC1CC(C=O)(C1CC1)C2. The van der Waals surface area contributed by atoms with Crippen LogP contribution in [-0.2, 0) is 9.53 Å². The Hall–Kier alpha value is -1.06. The molecule has 1 aliphatic carbocycles. The first-order valence-corrected chi connectivity index (χ1v) is 7.82. The summed E-state index contributed by atoms with van der Waals surface area (Å²) in [6.07, 6.45) is 7.10. The Labute approximate surface area is 120 Å². The number of hydrogen-bond donors (Lipinski definition) is 0. The lowest BCUT2D eigenvalue weighted by molar-refractivity contribution is -0.122. The normalized spacial score (nSPS) is 36.9. The van der Waals surface area contributed by atoms with Gasteiger partial charge in [-0.15, -0.1) is 0 Å². The largest absolute Gasteiger partial charge is 0.444 e. The maximum absolute atomic E-state index is 12.4. The number of carbonyl (C=O) groups excluding carboxylic acids is 2. The molecule has 2 atom stereocenters. The molecule has 0 radical (unpaired) electrons. The monoisotopic (exact) mass is 279 g/mol. The fourth-order valence-electron chi connectivity index (χ4n) is 4.12. The maximum atomic E-state index is 12.4. The molecule has 4 nitrogen and oxygen atoms in total. The maximum Gasteiger partial charge on any atom is 0.410 e. The highest BCUT2D eigenvalue weighted by Crippen LogP contribution is 2.56. The number of aldehydes is 1. The van der Waals surface area contributed by atoms with Crippen molar-refractivity contribution < 1.29 is 14.3 Å². The third-order valence-electron chi connectivity index (χ3n) is 5.08. The first-order chi connectivity index (χ1) is 9.35. The van der Waals surface area contributed by atoms with E-state index in [0.29, 0.717) is 5.92 Å². The molecule has 2 unspecified atom stereocenters. The molecule has 1 amide bonds. The Morgan fingerprint density at radius 3 is 2.10 bits per heavy atom. The van der Waals surface area contributed by atoms with Crippen LogP contribution in [0.2, 0.25) is 0 Å². The molecule has 2 heterocycles. The number of fused-ring (bicyclic) bond motifs is 2. The van der Waals surface area contributed by atoms with Gasteiger partial charge < -0.3 is 14.4 Å². The third kappa shape index (κ3) is 2.33. The summed E-state index contributed by atoms with van der Waals surface area (Å²) in [4.78, 5) is 26.0. The van der Waals surface area contributed by atoms with Gasteiger partial charge >= 0.3 is 6.09 Å². The van der Waals surface area contributed by atoms with E-state index in [1.165, 1.54) is 19.1 Å². The third-order valence-corrected chi connectivity index (χ3v) is 5.08. The van der Waals surface area contributed by atoms with Gasteiger partial charge in [0.25, 0.3) is 0 Å². The Morgan fingerprint density at radius 2 is 1.70 bits per heavy atom. The molecular weight excluding hydrogens is 254 g/mol. The van der Waals surface area contributed by atoms with Gasteiger partial charge in [-0.1, -0.05) is 0 Å². The van der Waals surface area contributed by atoms with Crippen molar-refractivity contribution in [2.75, 3.05) is 0 Å². The van der Waals surface area contributed by atoms with Crippen LogP contribution in [0.25, 0.3) is 0 Å². The molecule has 20 heavy (non-hydrogen) atoms. The molecule has 112 valence electrons.